The molecule has 2 amide bonds. The number of hydrogen-bond donors (Lipinski definition) is 1. The van der Waals surface area contributed by atoms with Crippen molar-refractivity contribution >= 4 is 11.8 Å². The van der Waals surface area contributed by atoms with Crippen LogP contribution in [0.15, 0.2) is 0 Å². The van der Waals surface area contributed by atoms with Crippen LogP contribution >= 0.6 is 0 Å². The standard InChI is InChI=1S/C9H16N2O2/c1-6-4-5-8(9(13)10-3)11(6)7(2)12/h6,8H,4-5H2,1-3H3,(H,10,13)/t6?,8-/m0/s1. The van der Waals surface area contributed by atoms with Gasteiger partial charge in [0.05, 0.1) is 0 Å². The molecule has 4 nitrogen and oxygen atoms in total. The van der Waals surface area contributed by atoms with Gasteiger partial charge in [-0.15, -0.1) is 0 Å². The van der Waals surface area contributed by atoms with Gasteiger partial charge in [-0.3, -0.25) is 9.59 Å². The lowest BCUT2D eigenvalue weighted by atomic mass is 10.2. The number of likely N-dealkylation sites (N-methyl/N-ethyl adjacent to an activating group) is 1. The molecule has 0 saturated carbocycles. The summed E-state index contributed by atoms with van der Waals surface area (Å²) in [6.45, 7) is 3.49. The SMILES string of the molecule is CNC(=O)[C@@H]1CCC(C)N1C(C)=O. The van der Waals surface area contributed by atoms with Gasteiger partial charge in [0, 0.05) is 20.0 Å². The highest BCUT2D eigenvalue weighted by atomic mass is 16.2. The summed E-state index contributed by atoms with van der Waals surface area (Å²) in [6, 6.07) is -0.0581. The van der Waals surface area contributed by atoms with E-state index in [1.807, 2.05) is 6.92 Å². The Morgan fingerprint density at radius 1 is 1.38 bits per heavy atom. The topological polar surface area (TPSA) is 49.4 Å². The minimum absolute atomic E-state index is 0.0152. The summed E-state index contributed by atoms with van der Waals surface area (Å²) < 4.78 is 0. The third-order valence-electron chi connectivity index (χ3n) is 2.58. The van der Waals surface area contributed by atoms with Gasteiger partial charge in [0.2, 0.25) is 11.8 Å². The van der Waals surface area contributed by atoms with Crippen LogP contribution in [0.2, 0.25) is 0 Å². The van der Waals surface area contributed by atoms with Crippen molar-refractivity contribution in [3.63, 3.8) is 0 Å². The summed E-state index contributed by atoms with van der Waals surface area (Å²) in [5, 5.41) is 2.58. The maximum absolute atomic E-state index is 11.4. The van der Waals surface area contributed by atoms with Crippen LogP contribution in [0.25, 0.3) is 0 Å². The second-order valence-corrected chi connectivity index (χ2v) is 3.48. The van der Waals surface area contributed by atoms with E-state index in [9.17, 15) is 9.59 Å². The lowest BCUT2D eigenvalue weighted by Gasteiger charge is -2.25. The molecule has 1 fully saturated rings. The van der Waals surface area contributed by atoms with E-state index in [4.69, 9.17) is 0 Å². The van der Waals surface area contributed by atoms with E-state index < -0.39 is 0 Å². The third kappa shape index (κ3) is 1.82. The highest BCUT2D eigenvalue weighted by Gasteiger charge is 2.36. The van der Waals surface area contributed by atoms with Crippen molar-refractivity contribution in [1.29, 1.82) is 0 Å². The minimum Gasteiger partial charge on any atom is -0.357 e. The first-order valence-corrected chi connectivity index (χ1v) is 4.58. The van der Waals surface area contributed by atoms with Gasteiger partial charge in [-0.2, -0.15) is 0 Å². The normalized spacial score (nSPS) is 27.5. The molecule has 1 aliphatic heterocycles. The molecule has 0 aliphatic carbocycles. The lowest BCUT2D eigenvalue weighted by Crippen LogP contribution is -2.46. The Hall–Kier alpha value is -1.06. The van der Waals surface area contributed by atoms with Crippen LogP contribution in [0.1, 0.15) is 26.7 Å². The summed E-state index contributed by atoms with van der Waals surface area (Å²) in [7, 11) is 1.60. The molecule has 0 aromatic heterocycles. The van der Waals surface area contributed by atoms with E-state index in [0.717, 1.165) is 12.8 Å². The molecule has 4 heteroatoms. The van der Waals surface area contributed by atoms with E-state index in [2.05, 4.69) is 5.32 Å². The molecule has 0 spiro atoms. The van der Waals surface area contributed by atoms with Crippen LogP contribution in [0, 0.1) is 0 Å². The van der Waals surface area contributed by atoms with Crippen molar-refractivity contribution < 1.29 is 9.59 Å². The average Bonchev–Trinajstić information content (AvgIpc) is 2.45. The predicted octanol–water partition coefficient (Wildman–Crippen LogP) is 0.132. The first-order chi connectivity index (χ1) is 6.07. The van der Waals surface area contributed by atoms with Crippen LogP contribution in [0.4, 0.5) is 0 Å². The second kappa shape index (κ2) is 3.77. The van der Waals surface area contributed by atoms with Gasteiger partial charge < -0.3 is 10.2 Å². The van der Waals surface area contributed by atoms with Crippen LogP contribution in [-0.4, -0.2) is 35.8 Å². The molecule has 1 aliphatic rings. The molecule has 2 atom stereocenters. The van der Waals surface area contributed by atoms with E-state index in [0.29, 0.717) is 0 Å². The van der Waals surface area contributed by atoms with Crippen molar-refractivity contribution in [2.75, 3.05) is 7.05 Å². The molecular formula is C9H16N2O2. The van der Waals surface area contributed by atoms with Gasteiger partial charge in [-0.25, -0.2) is 0 Å². The number of hydrogen-bond acceptors (Lipinski definition) is 2. The molecule has 0 aromatic carbocycles. The Bertz CT molecular complexity index is 228. The lowest BCUT2D eigenvalue weighted by molar-refractivity contribution is -0.138. The van der Waals surface area contributed by atoms with Crippen molar-refractivity contribution in [3.8, 4) is 0 Å². The molecular weight excluding hydrogens is 168 g/mol. The number of rotatable bonds is 1. The van der Waals surface area contributed by atoms with Gasteiger partial charge in [0.1, 0.15) is 6.04 Å². The fourth-order valence-electron chi connectivity index (χ4n) is 1.94. The highest BCUT2D eigenvalue weighted by Crippen LogP contribution is 2.23. The Morgan fingerprint density at radius 2 is 2.00 bits per heavy atom. The molecule has 1 heterocycles. The van der Waals surface area contributed by atoms with Gasteiger partial charge in [-0.1, -0.05) is 0 Å². The second-order valence-electron chi connectivity index (χ2n) is 3.48. The maximum Gasteiger partial charge on any atom is 0.242 e. The Kier molecular flexibility index (Phi) is 2.90. The summed E-state index contributed by atoms with van der Waals surface area (Å²) in [5.41, 5.74) is 0. The van der Waals surface area contributed by atoms with Crippen LogP contribution in [-0.2, 0) is 9.59 Å². The van der Waals surface area contributed by atoms with E-state index >= 15 is 0 Å². The summed E-state index contributed by atoms with van der Waals surface area (Å²) >= 11 is 0. The Labute approximate surface area is 78.3 Å². The number of amides is 2. The summed E-state index contributed by atoms with van der Waals surface area (Å²) in [5.74, 6) is -0.0712. The van der Waals surface area contributed by atoms with E-state index in [1.54, 1.807) is 11.9 Å². The van der Waals surface area contributed by atoms with Crippen molar-refractivity contribution in [2.24, 2.45) is 0 Å². The molecule has 1 N–H and O–H groups in total. The zero-order valence-electron chi connectivity index (χ0n) is 8.33. The van der Waals surface area contributed by atoms with Crippen molar-refractivity contribution in [1.82, 2.24) is 10.2 Å². The Balaban J connectivity index is 2.75. The van der Waals surface area contributed by atoms with Gasteiger partial charge in [-0.05, 0) is 19.8 Å². The smallest absolute Gasteiger partial charge is 0.242 e. The molecule has 0 radical (unpaired) electrons. The van der Waals surface area contributed by atoms with Crippen molar-refractivity contribution in [3.05, 3.63) is 0 Å². The Morgan fingerprint density at radius 3 is 2.46 bits per heavy atom. The fraction of sp³-hybridized carbons (Fsp3) is 0.778. The van der Waals surface area contributed by atoms with Crippen molar-refractivity contribution in [2.45, 2.75) is 38.8 Å². The summed E-state index contributed by atoms with van der Waals surface area (Å²) in [4.78, 5) is 24.3. The highest BCUT2D eigenvalue weighted by molar-refractivity contribution is 5.87. The zero-order valence-corrected chi connectivity index (χ0v) is 8.33. The molecule has 1 rings (SSSR count). The first kappa shape index (κ1) is 10.0. The van der Waals surface area contributed by atoms with Gasteiger partial charge in [0.15, 0.2) is 0 Å². The van der Waals surface area contributed by atoms with E-state index in [1.165, 1.54) is 6.92 Å². The number of nitrogens with one attached hydrogen (secondary N) is 1. The number of likely N-dealkylation sites (tertiary alicyclic amines) is 1. The fourth-order valence-corrected chi connectivity index (χ4v) is 1.94. The monoisotopic (exact) mass is 184 g/mol. The maximum atomic E-state index is 11.4. The molecule has 13 heavy (non-hydrogen) atoms. The summed E-state index contributed by atoms with van der Waals surface area (Å²) in [6.07, 6.45) is 1.69. The van der Waals surface area contributed by atoms with Crippen LogP contribution < -0.4 is 5.32 Å². The minimum atomic E-state index is -0.252. The molecule has 74 valence electrons. The predicted molar refractivity (Wildman–Crippen MR) is 49.1 cm³/mol. The zero-order chi connectivity index (χ0) is 10.0. The third-order valence-corrected chi connectivity index (χ3v) is 2.58. The molecule has 0 aromatic rings. The molecule has 0 bridgehead atoms. The average molecular weight is 184 g/mol. The van der Waals surface area contributed by atoms with Gasteiger partial charge in [0.25, 0.3) is 0 Å². The van der Waals surface area contributed by atoms with Crippen LogP contribution in [0.5, 0.6) is 0 Å². The number of nitrogens with zero attached hydrogens (tertiary/aromatic N) is 1. The number of carbonyl (C=O) groups excluding carboxylic acids is 2. The van der Waals surface area contributed by atoms with Crippen LogP contribution in [0.3, 0.4) is 0 Å². The largest absolute Gasteiger partial charge is 0.357 e. The van der Waals surface area contributed by atoms with E-state index in [-0.39, 0.29) is 23.9 Å². The molecule has 1 unspecified atom stereocenters. The molecule has 1 saturated heterocycles. The first-order valence-electron chi connectivity index (χ1n) is 4.58. The quantitative estimate of drug-likeness (QED) is 0.630. The van der Waals surface area contributed by atoms with Gasteiger partial charge >= 0.3 is 0 Å². The number of carbonyl (C=O) groups is 2.